The number of hydrogen-bond acceptors (Lipinski definition) is 6. The second-order valence-electron chi connectivity index (χ2n) is 4.18. The summed E-state index contributed by atoms with van der Waals surface area (Å²) >= 11 is 0. The first-order chi connectivity index (χ1) is 9.33. The Hall–Kier alpha value is -2.58. The number of nitrogens with zero attached hydrogens (tertiary/aromatic N) is 3. The van der Waals surface area contributed by atoms with Crippen molar-refractivity contribution in [2.75, 3.05) is 0 Å². The Morgan fingerprint density at radius 2 is 1.30 bits per heavy atom. The van der Waals surface area contributed by atoms with Gasteiger partial charge in [0.15, 0.2) is 0 Å². The molecule has 0 radical (unpaired) electrons. The second kappa shape index (κ2) is 6.04. The summed E-state index contributed by atoms with van der Waals surface area (Å²) in [6, 6.07) is 1.56. The molecule has 0 bridgehead atoms. The minimum atomic E-state index is -0.878. The van der Waals surface area contributed by atoms with Gasteiger partial charge in [0.2, 0.25) is 0 Å². The van der Waals surface area contributed by atoms with E-state index in [0.29, 0.717) is 12.8 Å². The van der Waals surface area contributed by atoms with Crippen LogP contribution in [0.1, 0.15) is 38.2 Å². The smallest absolute Gasteiger partial charge is 0.258 e. The molecule has 1 aromatic rings. The summed E-state index contributed by atoms with van der Waals surface area (Å²) in [5.41, 5.74) is -1.84. The van der Waals surface area contributed by atoms with E-state index in [1.807, 2.05) is 0 Å². The van der Waals surface area contributed by atoms with E-state index in [4.69, 9.17) is 0 Å². The maximum Gasteiger partial charge on any atom is 0.286 e. The zero-order valence-electron chi connectivity index (χ0n) is 10.9. The fourth-order valence-electron chi connectivity index (χ4n) is 2.13. The monoisotopic (exact) mass is 283 g/mol. The lowest BCUT2D eigenvalue weighted by molar-refractivity contribution is -0.404. The third kappa shape index (κ3) is 2.87. The first-order valence-corrected chi connectivity index (χ1v) is 5.94. The van der Waals surface area contributed by atoms with Crippen LogP contribution < -0.4 is 0 Å². The molecule has 0 N–H and O–H groups in total. The zero-order chi connectivity index (χ0) is 15.4. The highest BCUT2D eigenvalue weighted by molar-refractivity contribution is 5.62. The fraction of sp³-hybridized carbons (Fsp3) is 0.455. The summed E-state index contributed by atoms with van der Waals surface area (Å²) in [7, 11) is 0. The van der Waals surface area contributed by atoms with Crippen LogP contribution in [0.25, 0.3) is 0 Å². The van der Waals surface area contributed by atoms with Crippen LogP contribution in [-0.4, -0.2) is 14.8 Å². The third-order valence-corrected chi connectivity index (χ3v) is 3.12. The normalized spacial score (nSPS) is 10.6. The molecule has 0 unspecified atom stereocenters. The Bertz CT molecular complexity index is 532. The van der Waals surface area contributed by atoms with E-state index < -0.39 is 37.7 Å². The zero-order valence-corrected chi connectivity index (χ0v) is 10.9. The van der Waals surface area contributed by atoms with Crippen molar-refractivity contribution < 1.29 is 14.8 Å². The Kier molecular flexibility index (Phi) is 4.68. The van der Waals surface area contributed by atoms with Crippen molar-refractivity contribution in [2.24, 2.45) is 0 Å². The molecule has 0 atom stereocenters. The van der Waals surface area contributed by atoms with Gasteiger partial charge in [0.05, 0.1) is 26.9 Å². The summed E-state index contributed by atoms with van der Waals surface area (Å²) in [5.74, 6) is -0.392. The Labute approximate surface area is 113 Å². The lowest BCUT2D eigenvalue weighted by Gasteiger charge is -2.13. The summed E-state index contributed by atoms with van der Waals surface area (Å²) < 4.78 is 0. The molecule has 1 rings (SSSR count). The van der Waals surface area contributed by atoms with Gasteiger partial charge >= 0.3 is 0 Å². The molecule has 0 saturated heterocycles. The highest BCUT2D eigenvalue weighted by atomic mass is 16.6. The van der Waals surface area contributed by atoms with Crippen LogP contribution in [0.4, 0.5) is 17.1 Å². The Balaban J connectivity index is 3.72. The van der Waals surface area contributed by atoms with Crippen LogP contribution >= 0.6 is 0 Å². The molecule has 1 aromatic carbocycles. The summed E-state index contributed by atoms with van der Waals surface area (Å²) in [6.07, 6.45) is 0.936. The van der Waals surface area contributed by atoms with E-state index in [9.17, 15) is 30.3 Å². The van der Waals surface area contributed by atoms with Crippen molar-refractivity contribution >= 4 is 17.1 Å². The lowest BCUT2D eigenvalue weighted by atomic mass is 9.90. The Morgan fingerprint density at radius 3 is 1.55 bits per heavy atom. The highest BCUT2D eigenvalue weighted by Crippen LogP contribution is 2.40. The molecule has 0 aliphatic heterocycles. The van der Waals surface area contributed by atoms with Crippen molar-refractivity contribution in [3.05, 3.63) is 48.0 Å². The molecule has 20 heavy (non-hydrogen) atoms. The summed E-state index contributed by atoms with van der Waals surface area (Å²) in [5, 5.41) is 32.9. The van der Waals surface area contributed by atoms with E-state index in [-0.39, 0.29) is 5.56 Å². The molecule has 0 aliphatic carbocycles. The molecule has 9 nitrogen and oxygen atoms in total. The maximum atomic E-state index is 11.1. The van der Waals surface area contributed by atoms with Crippen LogP contribution in [0.2, 0.25) is 0 Å². The quantitative estimate of drug-likeness (QED) is 0.581. The van der Waals surface area contributed by atoms with Gasteiger partial charge in [-0.2, -0.15) is 0 Å². The van der Waals surface area contributed by atoms with Crippen LogP contribution in [0, 0.1) is 30.3 Å². The molecular formula is C11H13N3O6. The summed E-state index contributed by atoms with van der Waals surface area (Å²) in [4.78, 5) is 30.4. The van der Waals surface area contributed by atoms with E-state index in [1.165, 1.54) is 0 Å². The number of nitro groups is 3. The fourth-order valence-corrected chi connectivity index (χ4v) is 2.13. The van der Waals surface area contributed by atoms with E-state index in [2.05, 4.69) is 0 Å². The molecule has 0 heterocycles. The molecule has 9 heteroatoms. The minimum Gasteiger partial charge on any atom is -0.258 e. The highest BCUT2D eigenvalue weighted by Gasteiger charge is 2.33. The van der Waals surface area contributed by atoms with Gasteiger partial charge < -0.3 is 0 Å². The second-order valence-corrected chi connectivity index (χ2v) is 4.18. The molecule has 0 saturated carbocycles. The topological polar surface area (TPSA) is 129 Å². The molecule has 108 valence electrons. The van der Waals surface area contributed by atoms with Gasteiger partial charge in [-0.1, -0.05) is 13.8 Å². The van der Waals surface area contributed by atoms with Crippen LogP contribution in [0.3, 0.4) is 0 Å². The molecule has 0 aromatic heterocycles. The standard InChI is InChI=1S/C11H13N3O6/c1-3-7(4-2)11-9(13(17)18)5-8(12(15)16)6-10(11)14(19)20/h5-7H,3-4H2,1-2H3. The van der Waals surface area contributed by atoms with Gasteiger partial charge in [0, 0.05) is 0 Å². The minimum absolute atomic E-state index is 0.0457. The van der Waals surface area contributed by atoms with Crippen molar-refractivity contribution in [3.8, 4) is 0 Å². The molecule has 0 amide bonds. The van der Waals surface area contributed by atoms with Crippen molar-refractivity contribution in [2.45, 2.75) is 32.6 Å². The van der Waals surface area contributed by atoms with Crippen molar-refractivity contribution in [1.29, 1.82) is 0 Å². The van der Waals surface area contributed by atoms with E-state index in [0.717, 1.165) is 12.1 Å². The van der Waals surface area contributed by atoms with Gasteiger partial charge in [-0.05, 0) is 18.8 Å². The van der Waals surface area contributed by atoms with Gasteiger partial charge in [-0.15, -0.1) is 0 Å². The maximum absolute atomic E-state index is 11.1. The first kappa shape index (κ1) is 15.5. The van der Waals surface area contributed by atoms with Crippen molar-refractivity contribution in [1.82, 2.24) is 0 Å². The van der Waals surface area contributed by atoms with Crippen LogP contribution in [0.15, 0.2) is 12.1 Å². The van der Waals surface area contributed by atoms with E-state index >= 15 is 0 Å². The van der Waals surface area contributed by atoms with Gasteiger partial charge in [-0.25, -0.2) is 0 Å². The first-order valence-electron chi connectivity index (χ1n) is 5.94. The summed E-state index contributed by atoms with van der Waals surface area (Å²) in [6.45, 7) is 3.51. The molecule has 0 spiro atoms. The molecular weight excluding hydrogens is 270 g/mol. The number of rotatable bonds is 6. The van der Waals surface area contributed by atoms with Crippen LogP contribution in [0.5, 0.6) is 0 Å². The third-order valence-electron chi connectivity index (χ3n) is 3.12. The van der Waals surface area contributed by atoms with Gasteiger partial charge in [0.1, 0.15) is 5.56 Å². The molecule has 0 fully saturated rings. The number of nitro benzene ring substituents is 3. The average molecular weight is 283 g/mol. The largest absolute Gasteiger partial charge is 0.286 e. The number of benzene rings is 1. The van der Waals surface area contributed by atoms with Crippen molar-refractivity contribution in [3.63, 3.8) is 0 Å². The average Bonchev–Trinajstić information content (AvgIpc) is 2.39. The number of non-ortho nitro benzene ring substituents is 1. The predicted octanol–water partition coefficient (Wildman–Crippen LogP) is 3.31. The van der Waals surface area contributed by atoms with Gasteiger partial charge in [0.25, 0.3) is 17.1 Å². The lowest BCUT2D eigenvalue weighted by Crippen LogP contribution is -2.07. The van der Waals surface area contributed by atoms with Crippen LogP contribution in [-0.2, 0) is 0 Å². The number of hydrogen-bond donors (Lipinski definition) is 0. The van der Waals surface area contributed by atoms with Gasteiger partial charge in [-0.3, -0.25) is 30.3 Å². The predicted molar refractivity (Wildman–Crippen MR) is 69.7 cm³/mol. The SMILES string of the molecule is CCC(CC)c1c([N+](=O)[O-])cc([N+](=O)[O-])cc1[N+](=O)[O-]. The molecule has 0 aliphatic rings. The van der Waals surface area contributed by atoms with E-state index in [1.54, 1.807) is 13.8 Å². The Morgan fingerprint density at radius 1 is 0.900 bits per heavy atom.